The molecular weight excluding hydrogens is 526 g/mol. The predicted octanol–water partition coefficient (Wildman–Crippen LogP) is 4.98. The number of aliphatic hydroxyl groups excluding tert-OH is 1. The number of aromatic nitrogens is 1. The Labute approximate surface area is 238 Å². The SMILES string of the molecule is C=CCOc1cccc(C2C(C(=O)c3sc(-c4ccccc4)nc3C)=C(O)C(=O)N2CCCN2CCOCC2)c1. The largest absolute Gasteiger partial charge is 0.503 e. The van der Waals surface area contributed by atoms with Crippen LogP contribution in [-0.4, -0.2) is 77.6 Å². The van der Waals surface area contributed by atoms with Crippen molar-refractivity contribution in [2.24, 2.45) is 0 Å². The van der Waals surface area contributed by atoms with E-state index in [0.717, 1.165) is 25.2 Å². The smallest absolute Gasteiger partial charge is 0.290 e. The van der Waals surface area contributed by atoms with E-state index in [2.05, 4.69) is 16.5 Å². The normalized spacial score (nSPS) is 17.9. The number of amides is 1. The molecule has 1 fully saturated rings. The van der Waals surface area contributed by atoms with Gasteiger partial charge in [0, 0.05) is 31.7 Å². The fourth-order valence-electron chi connectivity index (χ4n) is 5.12. The first-order chi connectivity index (χ1) is 19.5. The maximum Gasteiger partial charge on any atom is 0.290 e. The Morgan fingerprint density at radius 1 is 1.18 bits per heavy atom. The molecule has 1 aromatic heterocycles. The van der Waals surface area contributed by atoms with Crippen LogP contribution in [0.1, 0.15) is 33.4 Å². The average molecular weight is 560 g/mol. The van der Waals surface area contributed by atoms with Crippen LogP contribution in [0.4, 0.5) is 0 Å². The second kappa shape index (κ2) is 12.6. The zero-order chi connectivity index (χ0) is 28.1. The summed E-state index contributed by atoms with van der Waals surface area (Å²) in [6, 6.07) is 16.2. The minimum absolute atomic E-state index is 0.0728. The number of morpholine rings is 1. The molecule has 0 radical (unpaired) electrons. The van der Waals surface area contributed by atoms with E-state index < -0.39 is 17.7 Å². The standard InChI is InChI=1S/C31H33N3O5S/c1-3-17-39-24-12-7-11-23(20-24)26-25(27(35)29-21(2)32-30(40-29)22-9-5-4-6-10-22)28(36)31(37)34(26)14-8-13-33-15-18-38-19-16-33/h3-7,9-12,20,26,36H,1,8,13-19H2,2H3. The molecule has 1 atom stereocenters. The van der Waals surface area contributed by atoms with Gasteiger partial charge in [0.15, 0.2) is 5.76 Å². The van der Waals surface area contributed by atoms with Crippen LogP contribution in [-0.2, 0) is 9.53 Å². The number of carbonyl (C=O) groups is 2. The molecule has 40 heavy (non-hydrogen) atoms. The van der Waals surface area contributed by atoms with Crippen LogP contribution < -0.4 is 4.74 Å². The molecule has 1 amide bonds. The van der Waals surface area contributed by atoms with E-state index >= 15 is 0 Å². The van der Waals surface area contributed by atoms with E-state index in [1.54, 1.807) is 17.9 Å². The van der Waals surface area contributed by atoms with Crippen molar-refractivity contribution in [2.45, 2.75) is 19.4 Å². The Balaban J connectivity index is 1.47. The van der Waals surface area contributed by atoms with Gasteiger partial charge in [0.2, 0.25) is 5.78 Å². The molecule has 3 heterocycles. The summed E-state index contributed by atoms with van der Waals surface area (Å²) in [5, 5.41) is 11.9. The zero-order valence-corrected chi connectivity index (χ0v) is 23.4. The Morgan fingerprint density at radius 3 is 2.70 bits per heavy atom. The number of hydrogen-bond donors (Lipinski definition) is 1. The van der Waals surface area contributed by atoms with Crippen LogP contribution in [0.5, 0.6) is 5.75 Å². The summed E-state index contributed by atoms with van der Waals surface area (Å²) in [7, 11) is 0. The summed E-state index contributed by atoms with van der Waals surface area (Å²) in [6.07, 6.45) is 2.35. The summed E-state index contributed by atoms with van der Waals surface area (Å²) in [5.74, 6) is -0.844. The Hall–Kier alpha value is -3.79. The molecule has 208 valence electrons. The summed E-state index contributed by atoms with van der Waals surface area (Å²) in [6.45, 7) is 10.1. The average Bonchev–Trinajstić information content (AvgIpc) is 3.50. The first-order valence-corrected chi connectivity index (χ1v) is 14.2. The van der Waals surface area contributed by atoms with Crippen molar-refractivity contribution < 1.29 is 24.2 Å². The zero-order valence-electron chi connectivity index (χ0n) is 22.5. The number of hydrogen-bond acceptors (Lipinski definition) is 8. The second-order valence-corrected chi connectivity index (χ2v) is 10.8. The van der Waals surface area contributed by atoms with E-state index in [1.807, 2.05) is 54.6 Å². The van der Waals surface area contributed by atoms with Crippen molar-refractivity contribution in [3.05, 3.63) is 94.7 Å². The van der Waals surface area contributed by atoms with Crippen LogP contribution in [0.25, 0.3) is 10.6 Å². The van der Waals surface area contributed by atoms with E-state index in [9.17, 15) is 14.7 Å². The fourth-order valence-corrected chi connectivity index (χ4v) is 6.14. The van der Waals surface area contributed by atoms with Crippen molar-refractivity contribution in [1.82, 2.24) is 14.8 Å². The van der Waals surface area contributed by atoms with Gasteiger partial charge in [-0.1, -0.05) is 55.1 Å². The number of aliphatic hydroxyl groups is 1. The number of ether oxygens (including phenoxy) is 2. The maximum atomic E-state index is 14.1. The van der Waals surface area contributed by atoms with Gasteiger partial charge in [0.25, 0.3) is 5.91 Å². The second-order valence-electron chi connectivity index (χ2n) is 9.77. The van der Waals surface area contributed by atoms with E-state index in [0.29, 0.717) is 59.7 Å². The topological polar surface area (TPSA) is 92.2 Å². The minimum atomic E-state index is -0.751. The first kappa shape index (κ1) is 27.8. The van der Waals surface area contributed by atoms with E-state index in [1.165, 1.54) is 11.3 Å². The van der Waals surface area contributed by atoms with Gasteiger partial charge in [0.1, 0.15) is 17.4 Å². The number of rotatable bonds is 11. The van der Waals surface area contributed by atoms with Gasteiger partial charge in [-0.25, -0.2) is 4.98 Å². The quantitative estimate of drug-likeness (QED) is 0.262. The van der Waals surface area contributed by atoms with Crippen LogP contribution in [0.15, 0.2) is 78.6 Å². The molecule has 1 N–H and O–H groups in total. The summed E-state index contributed by atoms with van der Waals surface area (Å²) < 4.78 is 11.2. The number of nitrogens with zero attached hydrogens (tertiary/aromatic N) is 3. The molecule has 2 aliphatic rings. The van der Waals surface area contributed by atoms with Crippen molar-refractivity contribution in [3.8, 4) is 16.3 Å². The van der Waals surface area contributed by atoms with Crippen LogP contribution in [0, 0.1) is 6.92 Å². The predicted molar refractivity (Wildman–Crippen MR) is 155 cm³/mol. The summed E-state index contributed by atoms with van der Waals surface area (Å²) in [5.41, 5.74) is 2.24. The molecular formula is C31H33N3O5S. The van der Waals surface area contributed by atoms with Crippen LogP contribution >= 0.6 is 11.3 Å². The highest BCUT2D eigenvalue weighted by molar-refractivity contribution is 7.17. The van der Waals surface area contributed by atoms with Gasteiger partial charge < -0.3 is 19.5 Å². The number of thiazole rings is 1. The van der Waals surface area contributed by atoms with Crippen molar-refractivity contribution >= 4 is 23.0 Å². The molecule has 1 saturated heterocycles. The molecule has 0 saturated carbocycles. The van der Waals surface area contributed by atoms with Crippen molar-refractivity contribution in [3.63, 3.8) is 0 Å². The Bertz CT molecular complexity index is 1410. The lowest BCUT2D eigenvalue weighted by molar-refractivity contribution is -0.129. The molecule has 2 aromatic carbocycles. The third kappa shape index (κ3) is 5.86. The molecule has 3 aromatic rings. The van der Waals surface area contributed by atoms with Crippen LogP contribution in [0.3, 0.4) is 0 Å². The molecule has 5 rings (SSSR count). The van der Waals surface area contributed by atoms with Crippen molar-refractivity contribution in [1.29, 1.82) is 0 Å². The third-order valence-electron chi connectivity index (χ3n) is 7.09. The lowest BCUT2D eigenvalue weighted by atomic mass is 9.95. The van der Waals surface area contributed by atoms with Gasteiger partial charge in [-0.05, 0) is 31.0 Å². The van der Waals surface area contributed by atoms with Crippen molar-refractivity contribution in [2.75, 3.05) is 46.0 Å². The number of benzene rings is 2. The highest BCUT2D eigenvalue weighted by atomic mass is 32.1. The maximum absolute atomic E-state index is 14.1. The molecule has 0 spiro atoms. The highest BCUT2D eigenvalue weighted by Gasteiger charge is 2.44. The van der Waals surface area contributed by atoms with E-state index in [4.69, 9.17) is 9.47 Å². The lowest BCUT2D eigenvalue weighted by Gasteiger charge is -2.30. The number of ketones is 1. The van der Waals surface area contributed by atoms with Crippen LogP contribution in [0.2, 0.25) is 0 Å². The molecule has 0 bridgehead atoms. The molecule has 9 heteroatoms. The number of Topliss-reactive ketones (excluding diaryl/α,β-unsaturated/α-hetero) is 1. The summed E-state index contributed by atoms with van der Waals surface area (Å²) in [4.78, 5) is 36.5. The number of aryl methyl sites for hydroxylation is 1. The van der Waals surface area contributed by atoms with Gasteiger partial charge in [-0.2, -0.15) is 0 Å². The fraction of sp³-hybridized carbons (Fsp3) is 0.323. The molecule has 1 unspecified atom stereocenters. The first-order valence-electron chi connectivity index (χ1n) is 13.4. The monoisotopic (exact) mass is 559 g/mol. The van der Waals surface area contributed by atoms with Gasteiger partial charge in [-0.15, -0.1) is 11.3 Å². The molecule has 2 aliphatic heterocycles. The molecule has 0 aliphatic carbocycles. The van der Waals surface area contributed by atoms with Gasteiger partial charge in [-0.3, -0.25) is 14.5 Å². The number of carbonyl (C=O) groups excluding carboxylic acids is 2. The Morgan fingerprint density at radius 2 is 1.95 bits per heavy atom. The van der Waals surface area contributed by atoms with Gasteiger partial charge >= 0.3 is 0 Å². The minimum Gasteiger partial charge on any atom is -0.503 e. The summed E-state index contributed by atoms with van der Waals surface area (Å²) >= 11 is 1.27. The van der Waals surface area contributed by atoms with Gasteiger partial charge in [0.05, 0.1) is 35.4 Å². The lowest BCUT2D eigenvalue weighted by Crippen LogP contribution is -2.39. The third-order valence-corrected chi connectivity index (χ3v) is 8.30. The highest BCUT2D eigenvalue weighted by Crippen LogP contribution is 2.41. The van der Waals surface area contributed by atoms with E-state index in [-0.39, 0.29) is 11.4 Å². The Kier molecular flexibility index (Phi) is 8.74. The molecule has 8 nitrogen and oxygen atoms in total.